The molecule has 5 nitrogen and oxygen atoms in total. The molecular weight excluding hydrogens is 442 g/mol. The van der Waals surface area contributed by atoms with Crippen molar-refractivity contribution < 1.29 is 9.59 Å². The van der Waals surface area contributed by atoms with Gasteiger partial charge in [0.2, 0.25) is 5.91 Å². The minimum absolute atomic E-state index is 0.0541. The lowest BCUT2D eigenvalue weighted by atomic mass is 10.1. The molecule has 1 saturated heterocycles. The standard InChI is InChI=1S/C28H25N3O2S/c1-19-11-13-23(14-12-19)31-27(33)25(16-22-10-6-7-20(2)15-22)34-28(31)24(17-29)26(32)30-18-21-8-4-3-5-9-21/h3-15,25H,16,18H2,1-2H3,(H,30,32)/b28-24-/t25-/m0/s1. The van der Waals surface area contributed by atoms with Crippen LogP contribution in [-0.2, 0) is 22.6 Å². The van der Waals surface area contributed by atoms with Gasteiger partial charge in [-0.25, -0.2) is 0 Å². The third-order valence-corrected chi connectivity index (χ3v) is 6.86. The lowest BCUT2D eigenvalue weighted by Gasteiger charge is -2.19. The topological polar surface area (TPSA) is 73.2 Å². The number of rotatable bonds is 6. The first-order valence-electron chi connectivity index (χ1n) is 11.1. The molecule has 1 aliphatic rings. The van der Waals surface area contributed by atoms with E-state index in [-0.39, 0.29) is 11.5 Å². The molecule has 3 aromatic rings. The first-order chi connectivity index (χ1) is 16.5. The number of nitrogens with zero attached hydrogens (tertiary/aromatic N) is 2. The van der Waals surface area contributed by atoms with E-state index in [1.54, 1.807) is 0 Å². The van der Waals surface area contributed by atoms with E-state index in [0.717, 1.165) is 22.3 Å². The number of amides is 2. The summed E-state index contributed by atoms with van der Waals surface area (Å²) in [5.74, 6) is -0.621. The van der Waals surface area contributed by atoms with Crippen LogP contribution in [0.5, 0.6) is 0 Å². The zero-order valence-corrected chi connectivity index (χ0v) is 19.9. The highest BCUT2D eigenvalue weighted by Gasteiger charge is 2.40. The fourth-order valence-electron chi connectivity index (χ4n) is 3.84. The molecule has 0 unspecified atom stereocenters. The molecule has 1 N–H and O–H groups in total. The molecule has 1 aliphatic heterocycles. The smallest absolute Gasteiger partial charge is 0.264 e. The van der Waals surface area contributed by atoms with Gasteiger partial charge in [0.05, 0.1) is 5.25 Å². The van der Waals surface area contributed by atoms with Crippen LogP contribution < -0.4 is 10.2 Å². The minimum Gasteiger partial charge on any atom is -0.347 e. The molecule has 0 spiro atoms. The normalized spacial score (nSPS) is 16.8. The minimum atomic E-state index is -0.491. The number of nitrogens with one attached hydrogen (secondary N) is 1. The van der Waals surface area contributed by atoms with Crippen molar-refractivity contribution in [3.8, 4) is 6.07 Å². The number of benzene rings is 3. The molecule has 170 valence electrons. The summed E-state index contributed by atoms with van der Waals surface area (Å²) in [6.07, 6.45) is 0.515. The zero-order chi connectivity index (χ0) is 24.1. The molecule has 1 heterocycles. The number of carbonyl (C=O) groups is 2. The zero-order valence-electron chi connectivity index (χ0n) is 19.1. The van der Waals surface area contributed by atoms with E-state index >= 15 is 0 Å². The van der Waals surface area contributed by atoms with Gasteiger partial charge in [0.1, 0.15) is 16.7 Å². The molecular formula is C28H25N3O2S. The van der Waals surface area contributed by atoms with Crippen molar-refractivity contribution in [2.24, 2.45) is 0 Å². The summed E-state index contributed by atoms with van der Waals surface area (Å²) < 4.78 is 0. The van der Waals surface area contributed by atoms with Crippen LogP contribution in [0.1, 0.15) is 22.3 Å². The predicted octanol–water partition coefficient (Wildman–Crippen LogP) is 5.05. The quantitative estimate of drug-likeness (QED) is 0.407. The maximum Gasteiger partial charge on any atom is 0.264 e. The van der Waals surface area contributed by atoms with Crippen LogP contribution in [-0.4, -0.2) is 17.1 Å². The highest BCUT2D eigenvalue weighted by Crippen LogP contribution is 2.42. The van der Waals surface area contributed by atoms with Crippen LogP contribution in [0.4, 0.5) is 5.69 Å². The number of hydrogen-bond donors (Lipinski definition) is 1. The Balaban J connectivity index is 1.67. The molecule has 34 heavy (non-hydrogen) atoms. The highest BCUT2D eigenvalue weighted by molar-refractivity contribution is 8.05. The third-order valence-electron chi connectivity index (χ3n) is 5.60. The van der Waals surface area contributed by atoms with Crippen LogP contribution in [0.15, 0.2) is 89.5 Å². The Morgan fingerprint density at radius 1 is 0.971 bits per heavy atom. The first kappa shape index (κ1) is 23.3. The van der Waals surface area contributed by atoms with Gasteiger partial charge in [-0.3, -0.25) is 14.5 Å². The van der Waals surface area contributed by atoms with Crippen molar-refractivity contribution in [2.75, 3.05) is 4.90 Å². The van der Waals surface area contributed by atoms with Gasteiger partial charge in [-0.1, -0.05) is 89.6 Å². The van der Waals surface area contributed by atoms with E-state index in [1.165, 1.54) is 16.7 Å². The Morgan fingerprint density at radius 3 is 2.35 bits per heavy atom. The van der Waals surface area contributed by atoms with Crippen molar-refractivity contribution in [3.63, 3.8) is 0 Å². The summed E-state index contributed by atoms with van der Waals surface area (Å²) >= 11 is 1.28. The second-order valence-corrected chi connectivity index (χ2v) is 9.46. The molecule has 0 saturated carbocycles. The molecule has 0 aliphatic carbocycles. The number of thioether (sulfide) groups is 1. The summed E-state index contributed by atoms with van der Waals surface area (Å²) in [5.41, 5.74) is 4.75. The van der Waals surface area contributed by atoms with Crippen LogP contribution in [0.2, 0.25) is 0 Å². The van der Waals surface area contributed by atoms with E-state index < -0.39 is 11.2 Å². The fraction of sp³-hybridized carbons (Fsp3) is 0.179. The summed E-state index contributed by atoms with van der Waals surface area (Å²) in [4.78, 5) is 28.1. The van der Waals surface area contributed by atoms with E-state index in [9.17, 15) is 14.9 Å². The summed E-state index contributed by atoms with van der Waals surface area (Å²) in [7, 11) is 0. The van der Waals surface area contributed by atoms with Gasteiger partial charge in [-0.15, -0.1) is 0 Å². The van der Waals surface area contributed by atoms with Crippen LogP contribution in [0, 0.1) is 25.2 Å². The van der Waals surface area contributed by atoms with Crippen molar-refractivity contribution >= 4 is 29.3 Å². The summed E-state index contributed by atoms with van der Waals surface area (Å²) in [5, 5.41) is 12.7. The maximum atomic E-state index is 13.5. The average Bonchev–Trinajstić information content (AvgIpc) is 3.15. The predicted molar refractivity (Wildman–Crippen MR) is 136 cm³/mol. The van der Waals surface area contributed by atoms with Gasteiger partial charge in [-0.05, 0) is 43.5 Å². The van der Waals surface area contributed by atoms with Crippen LogP contribution in [0.25, 0.3) is 0 Å². The molecule has 1 fully saturated rings. The molecule has 0 bridgehead atoms. The number of nitriles is 1. The number of anilines is 1. The monoisotopic (exact) mass is 467 g/mol. The largest absolute Gasteiger partial charge is 0.347 e. The number of carbonyl (C=O) groups excluding carboxylic acids is 2. The van der Waals surface area contributed by atoms with E-state index in [4.69, 9.17) is 0 Å². The molecule has 3 aromatic carbocycles. The third kappa shape index (κ3) is 5.22. The molecule has 6 heteroatoms. The van der Waals surface area contributed by atoms with Gasteiger partial charge >= 0.3 is 0 Å². The maximum absolute atomic E-state index is 13.5. The first-order valence-corrected chi connectivity index (χ1v) is 11.9. The fourth-order valence-corrected chi connectivity index (χ4v) is 5.14. The van der Waals surface area contributed by atoms with Gasteiger partial charge in [-0.2, -0.15) is 5.26 Å². The van der Waals surface area contributed by atoms with Crippen molar-refractivity contribution in [3.05, 3.63) is 112 Å². The highest BCUT2D eigenvalue weighted by atomic mass is 32.2. The Hall–Kier alpha value is -3.82. The Morgan fingerprint density at radius 2 is 1.68 bits per heavy atom. The number of aryl methyl sites for hydroxylation is 2. The van der Waals surface area contributed by atoms with Crippen LogP contribution >= 0.6 is 11.8 Å². The van der Waals surface area contributed by atoms with Crippen LogP contribution in [0.3, 0.4) is 0 Å². The van der Waals surface area contributed by atoms with Crippen molar-refractivity contribution in [1.29, 1.82) is 5.26 Å². The molecule has 0 aromatic heterocycles. The Kier molecular flexibility index (Phi) is 7.15. The second kappa shape index (κ2) is 10.4. The Bertz CT molecular complexity index is 1280. The number of hydrogen-bond acceptors (Lipinski definition) is 4. The lowest BCUT2D eigenvalue weighted by molar-refractivity contribution is -0.117. The summed E-state index contributed by atoms with van der Waals surface area (Å²) in [6, 6.07) is 27.1. The molecule has 4 rings (SSSR count). The SMILES string of the molecule is Cc1ccc(N2C(=O)[C@H](Cc3cccc(C)c3)S/C2=C(/C#N)C(=O)NCc2ccccc2)cc1. The van der Waals surface area contributed by atoms with E-state index in [2.05, 4.69) is 17.5 Å². The molecule has 2 amide bonds. The van der Waals surface area contributed by atoms with Crippen molar-refractivity contribution in [1.82, 2.24) is 5.32 Å². The summed E-state index contributed by atoms with van der Waals surface area (Å²) in [6.45, 7) is 4.29. The van der Waals surface area contributed by atoms with E-state index in [1.807, 2.05) is 86.6 Å². The van der Waals surface area contributed by atoms with E-state index in [0.29, 0.717) is 23.7 Å². The van der Waals surface area contributed by atoms with Crippen molar-refractivity contribution in [2.45, 2.75) is 32.1 Å². The second-order valence-electron chi connectivity index (χ2n) is 8.27. The van der Waals surface area contributed by atoms with Gasteiger partial charge < -0.3 is 5.32 Å². The molecule has 1 atom stereocenters. The molecule has 0 radical (unpaired) electrons. The average molecular weight is 468 g/mol. The van der Waals surface area contributed by atoms with Gasteiger partial charge in [0, 0.05) is 12.2 Å². The van der Waals surface area contributed by atoms with Gasteiger partial charge in [0.25, 0.3) is 5.91 Å². The lowest BCUT2D eigenvalue weighted by Crippen LogP contribution is -2.32. The van der Waals surface area contributed by atoms with Gasteiger partial charge in [0.15, 0.2) is 0 Å². The Labute approximate surface area is 204 Å².